The molecule has 1 heterocycles. The summed E-state index contributed by atoms with van der Waals surface area (Å²) in [6.45, 7) is 1.94. The Morgan fingerprint density at radius 2 is 1.88 bits per heavy atom. The third-order valence-corrected chi connectivity index (χ3v) is 5.59. The van der Waals surface area contributed by atoms with Crippen molar-refractivity contribution in [1.29, 1.82) is 0 Å². The standard InChI is InChI=1S/C18H17BrClN3OS/c1-12(24-16-6-4-3-5-15(16)20)17-21-22-18(23(17)2)25-11-13-7-9-14(19)10-8-13/h3-10,12H,11H2,1-2H3. The third kappa shape index (κ3) is 4.57. The van der Waals surface area contributed by atoms with Crippen LogP contribution in [0.15, 0.2) is 58.2 Å². The van der Waals surface area contributed by atoms with Crippen molar-refractivity contribution in [3.63, 3.8) is 0 Å². The van der Waals surface area contributed by atoms with E-state index in [0.29, 0.717) is 10.8 Å². The Hall–Kier alpha value is -1.50. The summed E-state index contributed by atoms with van der Waals surface area (Å²) in [5, 5.41) is 10.0. The minimum Gasteiger partial charge on any atom is -0.481 e. The van der Waals surface area contributed by atoms with Gasteiger partial charge in [0.15, 0.2) is 17.1 Å². The summed E-state index contributed by atoms with van der Waals surface area (Å²) in [6.07, 6.45) is -0.251. The minimum atomic E-state index is -0.251. The van der Waals surface area contributed by atoms with Crippen LogP contribution in [0.1, 0.15) is 24.4 Å². The molecule has 3 rings (SSSR count). The van der Waals surface area contributed by atoms with Crippen molar-refractivity contribution >= 4 is 39.3 Å². The van der Waals surface area contributed by atoms with E-state index in [9.17, 15) is 0 Å². The number of benzene rings is 2. The zero-order valence-corrected chi connectivity index (χ0v) is 17.0. The molecule has 0 amide bonds. The third-order valence-electron chi connectivity index (χ3n) is 3.65. The molecule has 0 saturated heterocycles. The molecule has 0 aliphatic heterocycles. The topological polar surface area (TPSA) is 39.9 Å². The van der Waals surface area contributed by atoms with Crippen LogP contribution in [0.4, 0.5) is 0 Å². The van der Waals surface area contributed by atoms with Crippen LogP contribution in [0.5, 0.6) is 5.75 Å². The molecular weight excluding hydrogens is 422 g/mol. The smallest absolute Gasteiger partial charge is 0.191 e. The van der Waals surface area contributed by atoms with Crippen molar-refractivity contribution in [3.8, 4) is 5.75 Å². The summed E-state index contributed by atoms with van der Waals surface area (Å²) in [5.74, 6) is 2.24. The van der Waals surface area contributed by atoms with Gasteiger partial charge >= 0.3 is 0 Å². The average molecular weight is 439 g/mol. The lowest BCUT2D eigenvalue weighted by Crippen LogP contribution is -2.10. The predicted molar refractivity (Wildman–Crippen MR) is 105 cm³/mol. The number of rotatable bonds is 6. The van der Waals surface area contributed by atoms with Gasteiger partial charge in [-0.15, -0.1) is 10.2 Å². The van der Waals surface area contributed by atoms with E-state index in [2.05, 4.69) is 38.3 Å². The van der Waals surface area contributed by atoms with Gasteiger partial charge in [0.2, 0.25) is 0 Å². The number of thioether (sulfide) groups is 1. The fourth-order valence-corrected chi connectivity index (χ4v) is 3.64. The molecule has 1 aromatic heterocycles. The number of aromatic nitrogens is 3. The monoisotopic (exact) mass is 437 g/mol. The van der Waals surface area contributed by atoms with Gasteiger partial charge in [-0.05, 0) is 36.8 Å². The molecule has 3 aromatic rings. The predicted octanol–water partition coefficient (Wildman–Crippen LogP) is 5.66. The van der Waals surface area contributed by atoms with Gasteiger partial charge in [0.25, 0.3) is 0 Å². The summed E-state index contributed by atoms with van der Waals surface area (Å²) in [5.41, 5.74) is 1.23. The number of ether oxygens (including phenoxy) is 1. The summed E-state index contributed by atoms with van der Waals surface area (Å²) in [4.78, 5) is 0. The highest BCUT2D eigenvalue weighted by Crippen LogP contribution is 2.29. The van der Waals surface area contributed by atoms with Crippen molar-refractivity contribution in [2.75, 3.05) is 0 Å². The van der Waals surface area contributed by atoms with Crippen LogP contribution in [0.25, 0.3) is 0 Å². The molecule has 7 heteroatoms. The Labute approximate surface area is 164 Å². The molecular formula is C18H17BrClN3OS. The number of halogens is 2. The van der Waals surface area contributed by atoms with Crippen molar-refractivity contribution < 1.29 is 4.74 Å². The van der Waals surface area contributed by atoms with Crippen molar-refractivity contribution in [1.82, 2.24) is 14.8 Å². The van der Waals surface area contributed by atoms with Crippen molar-refractivity contribution in [2.45, 2.75) is 23.9 Å². The summed E-state index contributed by atoms with van der Waals surface area (Å²) in [7, 11) is 1.95. The SMILES string of the molecule is CC(Oc1ccccc1Cl)c1nnc(SCc2ccc(Br)cc2)n1C. The molecule has 1 atom stereocenters. The molecule has 0 saturated carbocycles. The van der Waals surface area contributed by atoms with E-state index < -0.39 is 0 Å². The Kier molecular flexibility index (Phi) is 6.04. The minimum absolute atomic E-state index is 0.251. The molecule has 1 unspecified atom stereocenters. The summed E-state index contributed by atoms with van der Waals surface area (Å²) in [6, 6.07) is 15.7. The van der Waals surface area contributed by atoms with Gasteiger partial charge in [0.1, 0.15) is 5.75 Å². The first-order chi connectivity index (χ1) is 12.0. The largest absolute Gasteiger partial charge is 0.481 e. The zero-order chi connectivity index (χ0) is 17.8. The van der Waals surface area contributed by atoms with E-state index in [-0.39, 0.29) is 6.10 Å². The van der Waals surface area contributed by atoms with E-state index in [1.54, 1.807) is 17.8 Å². The van der Waals surface area contributed by atoms with Crippen LogP contribution >= 0.6 is 39.3 Å². The Bertz CT molecular complexity index is 854. The van der Waals surface area contributed by atoms with E-state index in [4.69, 9.17) is 16.3 Å². The molecule has 0 radical (unpaired) electrons. The molecule has 0 fully saturated rings. The molecule has 0 spiro atoms. The molecule has 0 bridgehead atoms. The Morgan fingerprint density at radius 1 is 1.16 bits per heavy atom. The van der Waals surface area contributed by atoms with Gasteiger partial charge in [0.05, 0.1) is 5.02 Å². The highest BCUT2D eigenvalue weighted by molar-refractivity contribution is 9.10. The van der Waals surface area contributed by atoms with Crippen LogP contribution in [0.3, 0.4) is 0 Å². The first-order valence-corrected chi connectivity index (χ1v) is 9.88. The lowest BCUT2D eigenvalue weighted by Gasteiger charge is -2.15. The number of hydrogen-bond acceptors (Lipinski definition) is 4. The molecule has 2 aromatic carbocycles. The molecule has 0 N–H and O–H groups in total. The maximum atomic E-state index is 6.15. The lowest BCUT2D eigenvalue weighted by atomic mass is 10.2. The fourth-order valence-electron chi connectivity index (χ4n) is 2.32. The van der Waals surface area contributed by atoms with Gasteiger partial charge in [0, 0.05) is 17.3 Å². The lowest BCUT2D eigenvalue weighted by molar-refractivity contribution is 0.211. The first kappa shape index (κ1) is 18.3. The fraction of sp³-hybridized carbons (Fsp3) is 0.222. The average Bonchev–Trinajstić information content (AvgIpc) is 2.97. The van der Waals surface area contributed by atoms with Crippen LogP contribution in [-0.4, -0.2) is 14.8 Å². The maximum Gasteiger partial charge on any atom is 0.191 e. The first-order valence-electron chi connectivity index (χ1n) is 7.72. The summed E-state index contributed by atoms with van der Waals surface area (Å²) >= 11 is 11.2. The quantitative estimate of drug-likeness (QED) is 0.465. The second-order valence-corrected chi connectivity index (χ2v) is 7.77. The van der Waals surface area contributed by atoms with E-state index in [1.807, 2.05) is 48.9 Å². The molecule has 0 aliphatic rings. The summed E-state index contributed by atoms with van der Waals surface area (Å²) < 4.78 is 8.97. The van der Waals surface area contributed by atoms with Crippen LogP contribution in [0, 0.1) is 0 Å². The molecule has 130 valence electrons. The van der Waals surface area contributed by atoms with Crippen molar-refractivity contribution in [3.05, 3.63) is 69.4 Å². The van der Waals surface area contributed by atoms with Gasteiger partial charge in [-0.25, -0.2) is 0 Å². The normalized spacial score (nSPS) is 12.2. The van der Waals surface area contributed by atoms with Crippen molar-refractivity contribution in [2.24, 2.45) is 7.05 Å². The zero-order valence-electron chi connectivity index (χ0n) is 13.8. The second kappa shape index (κ2) is 8.25. The van der Waals surface area contributed by atoms with Gasteiger partial charge in [-0.1, -0.05) is 63.6 Å². The van der Waals surface area contributed by atoms with Gasteiger partial charge in [-0.3, -0.25) is 0 Å². The number of para-hydroxylation sites is 1. The molecule has 4 nitrogen and oxygen atoms in total. The molecule has 0 aliphatic carbocycles. The number of hydrogen-bond donors (Lipinski definition) is 0. The Morgan fingerprint density at radius 3 is 2.60 bits per heavy atom. The highest BCUT2D eigenvalue weighted by atomic mass is 79.9. The van der Waals surface area contributed by atoms with E-state index in [0.717, 1.165) is 21.2 Å². The van der Waals surface area contributed by atoms with Crippen LogP contribution in [0.2, 0.25) is 5.02 Å². The van der Waals surface area contributed by atoms with Crippen LogP contribution in [-0.2, 0) is 12.8 Å². The Balaban J connectivity index is 1.67. The number of nitrogens with zero attached hydrogens (tertiary/aromatic N) is 3. The highest BCUT2D eigenvalue weighted by Gasteiger charge is 2.18. The molecule has 25 heavy (non-hydrogen) atoms. The van der Waals surface area contributed by atoms with E-state index in [1.165, 1.54) is 5.56 Å². The second-order valence-electron chi connectivity index (χ2n) is 5.51. The van der Waals surface area contributed by atoms with Crippen LogP contribution < -0.4 is 4.74 Å². The van der Waals surface area contributed by atoms with Gasteiger partial charge < -0.3 is 9.30 Å². The van der Waals surface area contributed by atoms with Gasteiger partial charge in [-0.2, -0.15) is 0 Å². The van der Waals surface area contributed by atoms with E-state index >= 15 is 0 Å². The maximum absolute atomic E-state index is 6.15.